The second-order valence-electron chi connectivity index (χ2n) is 7.28. The zero-order chi connectivity index (χ0) is 22.7. The van der Waals surface area contributed by atoms with Crippen LogP contribution in [0, 0.1) is 36.5 Å². The van der Waals surface area contributed by atoms with Crippen LogP contribution < -0.4 is 10.9 Å². The fourth-order valence-electron chi connectivity index (χ4n) is 3.73. The number of pyridine rings is 1. The molecule has 2 N–H and O–H groups in total. The van der Waals surface area contributed by atoms with Gasteiger partial charge in [-0.3, -0.25) is 9.78 Å². The normalized spacial score (nSPS) is 10.8. The van der Waals surface area contributed by atoms with Crippen molar-refractivity contribution >= 4 is 28.7 Å². The van der Waals surface area contributed by atoms with Gasteiger partial charge in [0.15, 0.2) is 0 Å². The summed E-state index contributed by atoms with van der Waals surface area (Å²) in [6.07, 6.45) is 4.66. The average molecular weight is 418 g/mol. The summed E-state index contributed by atoms with van der Waals surface area (Å²) in [5, 5.41) is 21.2. The third-order valence-electron chi connectivity index (χ3n) is 5.05. The Balaban J connectivity index is 1.84. The largest absolute Gasteiger partial charge is 0.310 e. The van der Waals surface area contributed by atoms with Gasteiger partial charge in [-0.15, -0.1) is 0 Å². The molecule has 2 aromatic carbocycles. The lowest BCUT2D eigenvalue weighted by Gasteiger charge is -2.14. The highest BCUT2D eigenvalue weighted by Crippen LogP contribution is 2.33. The van der Waals surface area contributed by atoms with Gasteiger partial charge in [-0.05, 0) is 60.4 Å². The Morgan fingerprint density at radius 2 is 1.88 bits per heavy atom. The predicted octanol–water partition coefficient (Wildman–Crippen LogP) is 4.75. The Bertz CT molecular complexity index is 1480. The van der Waals surface area contributed by atoms with Gasteiger partial charge in [0.05, 0.1) is 22.5 Å². The molecule has 0 aliphatic carbocycles. The third kappa shape index (κ3) is 3.96. The van der Waals surface area contributed by atoms with Gasteiger partial charge >= 0.3 is 0 Å². The molecule has 0 atom stereocenters. The standard InChI is InChI=1S/C25H18N6O/c1-15-11-17(5-4-10-26)12-16(2)22(15)19-6-3-7-20-23(19)30-25(31-24(20)32)29-21-9-8-18(13-27)14-28-21/h3-9,11-12,14H,1-2H3,(H2,28,29,30,31,32)/b5-4+. The Morgan fingerprint density at radius 1 is 1.09 bits per heavy atom. The van der Waals surface area contributed by atoms with Crippen molar-refractivity contribution in [1.29, 1.82) is 10.5 Å². The third-order valence-corrected chi connectivity index (χ3v) is 5.05. The van der Waals surface area contributed by atoms with Crippen LogP contribution in [-0.2, 0) is 0 Å². The van der Waals surface area contributed by atoms with E-state index in [2.05, 4.69) is 20.3 Å². The Kier molecular flexibility index (Phi) is 5.48. The monoisotopic (exact) mass is 418 g/mol. The van der Waals surface area contributed by atoms with E-state index in [1.54, 1.807) is 24.3 Å². The lowest BCUT2D eigenvalue weighted by Crippen LogP contribution is -2.12. The van der Waals surface area contributed by atoms with Crippen LogP contribution in [0.3, 0.4) is 0 Å². The van der Waals surface area contributed by atoms with E-state index in [0.29, 0.717) is 22.3 Å². The molecule has 0 bridgehead atoms. The minimum absolute atomic E-state index is 0.260. The van der Waals surface area contributed by atoms with Crippen LogP contribution in [0.5, 0.6) is 0 Å². The van der Waals surface area contributed by atoms with Gasteiger partial charge in [-0.25, -0.2) is 9.97 Å². The molecule has 2 heterocycles. The number of para-hydroxylation sites is 1. The van der Waals surface area contributed by atoms with Crippen molar-refractivity contribution in [3.63, 3.8) is 0 Å². The fraction of sp³-hybridized carbons (Fsp3) is 0.0800. The number of hydrogen-bond donors (Lipinski definition) is 2. The van der Waals surface area contributed by atoms with E-state index >= 15 is 0 Å². The number of H-pyrrole nitrogens is 1. The molecule has 7 heteroatoms. The van der Waals surface area contributed by atoms with E-state index in [-0.39, 0.29) is 11.5 Å². The highest BCUT2D eigenvalue weighted by molar-refractivity contribution is 5.95. The molecular weight excluding hydrogens is 400 g/mol. The van der Waals surface area contributed by atoms with Crippen LogP contribution in [-0.4, -0.2) is 15.0 Å². The molecule has 0 fully saturated rings. The van der Waals surface area contributed by atoms with Crippen LogP contribution in [0.4, 0.5) is 11.8 Å². The van der Waals surface area contributed by atoms with Gasteiger partial charge in [-0.1, -0.05) is 24.3 Å². The summed E-state index contributed by atoms with van der Waals surface area (Å²) in [6.45, 7) is 4.00. The summed E-state index contributed by atoms with van der Waals surface area (Å²) < 4.78 is 0. The van der Waals surface area contributed by atoms with Crippen LogP contribution >= 0.6 is 0 Å². The number of anilines is 2. The Morgan fingerprint density at radius 3 is 2.53 bits per heavy atom. The minimum atomic E-state index is -0.267. The molecule has 0 aliphatic heterocycles. The smallest absolute Gasteiger partial charge is 0.260 e. The summed E-state index contributed by atoms with van der Waals surface area (Å²) in [5.74, 6) is 0.723. The summed E-state index contributed by atoms with van der Waals surface area (Å²) >= 11 is 0. The van der Waals surface area contributed by atoms with E-state index in [0.717, 1.165) is 27.8 Å². The lowest BCUT2D eigenvalue weighted by atomic mass is 9.92. The molecule has 0 amide bonds. The number of nitriles is 2. The van der Waals surface area contributed by atoms with Crippen LogP contribution in [0.25, 0.3) is 28.1 Å². The number of hydrogen-bond acceptors (Lipinski definition) is 6. The molecule has 0 unspecified atom stereocenters. The molecule has 0 saturated heterocycles. The molecule has 7 nitrogen and oxygen atoms in total. The van der Waals surface area contributed by atoms with Crippen molar-refractivity contribution in [2.45, 2.75) is 13.8 Å². The van der Waals surface area contributed by atoms with E-state index in [1.165, 1.54) is 12.3 Å². The van der Waals surface area contributed by atoms with Gasteiger partial charge in [0.1, 0.15) is 11.9 Å². The first-order valence-corrected chi connectivity index (χ1v) is 9.84. The number of benzene rings is 2. The lowest BCUT2D eigenvalue weighted by molar-refractivity contribution is 1.15. The van der Waals surface area contributed by atoms with Gasteiger partial charge in [-0.2, -0.15) is 10.5 Å². The van der Waals surface area contributed by atoms with Gasteiger partial charge in [0, 0.05) is 17.8 Å². The van der Waals surface area contributed by atoms with Crippen molar-refractivity contribution < 1.29 is 0 Å². The maximum Gasteiger partial charge on any atom is 0.260 e. The van der Waals surface area contributed by atoms with Crippen LogP contribution in [0.1, 0.15) is 22.3 Å². The summed E-state index contributed by atoms with van der Waals surface area (Å²) in [4.78, 5) is 24.4. The molecule has 4 rings (SSSR count). The van der Waals surface area contributed by atoms with Crippen molar-refractivity contribution in [3.8, 4) is 23.3 Å². The molecule has 32 heavy (non-hydrogen) atoms. The van der Waals surface area contributed by atoms with E-state index < -0.39 is 0 Å². The SMILES string of the molecule is Cc1cc(/C=C/C#N)cc(C)c1-c1cccc2c(=O)[nH]c(Nc3ccc(C#N)cn3)nc12. The van der Waals surface area contributed by atoms with Gasteiger partial charge in [0.25, 0.3) is 5.56 Å². The topological polar surface area (TPSA) is 118 Å². The van der Waals surface area contributed by atoms with Crippen molar-refractivity contribution in [3.05, 3.63) is 87.3 Å². The Labute approximate surface area is 184 Å². The van der Waals surface area contributed by atoms with Gasteiger partial charge in [0.2, 0.25) is 5.95 Å². The number of rotatable bonds is 4. The molecular formula is C25H18N6O. The van der Waals surface area contributed by atoms with Crippen molar-refractivity contribution in [1.82, 2.24) is 15.0 Å². The zero-order valence-electron chi connectivity index (χ0n) is 17.5. The molecule has 0 spiro atoms. The summed E-state index contributed by atoms with van der Waals surface area (Å²) in [7, 11) is 0. The van der Waals surface area contributed by atoms with Gasteiger partial charge < -0.3 is 5.32 Å². The number of nitrogens with zero attached hydrogens (tertiary/aromatic N) is 4. The predicted molar refractivity (Wildman–Crippen MR) is 124 cm³/mol. The molecule has 0 radical (unpaired) electrons. The second-order valence-corrected chi connectivity index (χ2v) is 7.28. The average Bonchev–Trinajstić information content (AvgIpc) is 2.78. The quantitative estimate of drug-likeness (QED) is 0.462. The first kappa shape index (κ1) is 20.5. The molecule has 2 aromatic heterocycles. The fourth-order valence-corrected chi connectivity index (χ4v) is 3.73. The number of fused-ring (bicyclic) bond motifs is 1. The molecule has 0 saturated carbocycles. The zero-order valence-corrected chi connectivity index (χ0v) is 17.5. The first-order chi connectivity index (χ1) is 15.5. The maximum atomic E-state index is 12.8. The highest BCUT2D eigenvalue weighted by Gasteiger charge is 2.14. The number of allylic oxidation sites excluding steroid dienone is 1. The Hall–Kier alpha value is -4.75. The minimum Gasteiger partial charge on any atom is -0.310 e. The van der Waals surface area contributed by atoms with E-state index in [9.17, 15) is 4.79 Å². The summed E-state index contributed by atoms with van der Waals surface area (Å²) in [6, 6.07) is 16.8. The van der Waals surface area contributed by atoms with Crippen LogP contribution in [0.2, 0.25) is 0 Å². The van der Waals surface area contributed by atoms with E-state index in [4.69, 9.17) is 10.5 Å². The number of nitrogens with one attached hydrogen (secondary N) is 2. The highest BCUT2D eigenvalue weighted by atomic mass is 16.1. The number of aromatic nitrogens is 3. The molecule has 154 valence electrons. The number of aromatic amines is 1. The second kappa shape index (κ2) is 8.55. The first-order valence-electron chi connectivity index (χ1n) is 9.84. The molecule has 4 aromatic rings. The van der Waals surface area contributed by atoms with E-state index in [1.807, 2.05) is 50.3 Å². The van der Waals surface area contributed by atoms with Crippen LogP contribution in [0.15, 0.2) is 59.5 Å². The number of aryl methyl sites for hydroxylation is 2. The molecule has 0 aliphatic rings. The summed E-state index contributed by atoms with van der Waals surface area (Å²) in [5.41, 5.74) is 5.54. The van der Waals surface area contributed by atoms with Crippen molar-refractivity contribution in [2.24, 2.45) is 0 Å². The maximum absolute atomic E-state index is 12.8. The van der Waals surface area contributed by atoms with Crippen molar-refractivity contribution in [2.75, 3.05) is 5.32 Å².